The van der Waals surface area contributed by atoms with Gasteiger partial charge >= 0.3 is 0 Å². The van der Waals surface area contributed by atoms with Crippen LogP contribution in [0.4, 0.5) is 0 Å². The first-order valence-electron chi connectivity index (χ1n) is 6.68. The molecule has 0 fully saturated rings. The van der Waals surface area contributed by atoms with Crippen LogP contribution in [0, 0.1) is 0 Å². The molecule has 3 heterocycles. The molecule has 0 atom stereocenters. The smallest absolute Gasteiger partial charge is 0.168 e. The highest BCUT2D eigenvalue weighted by Crippen LogP contribution is 2.46. The van der Waals surface area contributed by atoms with Crippen LogP contribution in [0.5, 0.6) is 0 Å². The lowest BCUT2D eigenvalue weighted by molar-refractivity contribution is 0.647. The summed E-state index contributed by atoms with van der Waals surface area (Å²) < 4.78 is 1.18. The zero-order valence-electron chi connectivity index (χ0n) is 11.0. The molecule has 2 aliphatic rings. The Morgan fingerprint density at radius 3 is 3.10 bits per heavy atom. The fraction of sp³-hybridized carbons (Fsp3) is 0.267. The first-order valence-corrected chi connectivity index (χ1v) is 8.76. The quantitative estimate of drug-likeness (QED) is 0.769. The number of hydrogen-bond donors (Lipinski definition) is 0. The van der Waals surface area contributed by atoms with Crippen LogP contribution in [0.25, 0.3) is 15.8 Å². The number of fused-ring (bicyclic) bond motifs is 2. The molecule has 2 aromatic rings. The predicted octanol–water partition coefficient (Wildman–Crippen LogP) is 5.05. The summed E-state index contributed by atoms with van der Waals surface area (Å²) in [6.07, 6.45) is 1.05. The Hall–Kier alpha value is -0.970. The van der Waals surface area contributed by atoms with Crippen LogP contribution in [0.15, 0.2) is 33.5 Å². The van der Waals surface area contributed by atoms with Gasteiger partial charge < -0.3 is 4.90 Å². The minimum absolute atomic E-state index is 0.846. The number of aliphatic imine (C=N–C) groups is 1. The lowest BCUT2D eigenvalue weighted by Gasteiger charge is -2.18. The van der Waals surface area contributed by atoms with Crippen molar-refractivity contribution in [2.45, 2.75) is 13.3 Å². The van der Waals surface area contributed by atoms with E-state index in [0.29, 0.717) is 0 Å². The SMILES string of the molecule is CCC1=C(c2ccc(Cl)c3sccc23)N2CCN=C2S1. The minimum atomic E-state index is 0.846. The highest BCUT2D eigenvalue weighted by Gasteiger charge is 2.32. The first kappa shape index (κ1) is 12.7. The number of halogens is 1. The average molecular weight is 321 g/mol. The van der Waals surface area contributed by atoms with Crippen molar-refractivity contribution in [3.63, 3.8) is 0 Å². The van der Waals surface area contributed by atoms with E-state index in [4.69, 9.17) is 11.6 Å². The van der Waals surface area contributed by atoms with E-state index in [2.05, 4.69) is 34.3 Å². The molecule has 1 aromatic heterocycles. The molecule has 0 saturated carbocycles. The molecule has 20 heavy (non-hydrogen) atoms. The van der Waals surface area contributed by atoms with Crippen molar-refractivity contribution < 1.29 is 0 Å². The molecule has 0 aliphatic carbocycles. The van der Waals surface area contributed by atoms with E-state index in [1.54, 1.807) is 11.3 Å². The van der Waals surface area contributed by atoms with Crippen molar-refractivity contribution in [3.8, 4) is 0 Å². The molecule has 102 valence electrons. The summed E-state index contributed by atoms with van der Waals surface area (Å²) in [5.74, 6) is 0. The van der Waals surface area contributed by atoms with E-state index in [1.807, 2.05) is 17.8 Å². The molecule has 2 nitrogen and oxygen atoms in total. The number of allylic oxidation sites excluding steroid dienone is 1. The molecule has 0 N–H and O–H groups in total. The highest BCUT2D eigenvalue weighted by molar-refractivity contribution is 8.17. The van der Waals surface area contributed by atoms with Gasteiger partial charge in [-0.15, -0.1) is 11.3 Å². The number of thioether (sulfide) groups is 1. The van der Waals surface area contributed by atoms with Gasteiger partial charge in [0.1, 0.15) is 0 Å². The lowest BCUT2D eigenvalue weighted by atomic mass is 10.1. The predicted molar refractivity (Wildman–Crippen MR) is 90.6 cm³/mol. The van der Waals surface area contributed by atoms with E-state index in [9.17, 15) is 0 Å². The molecule has 0 bridgehead atoms. The molecule has 0 radical (unpaired) electrons. The second-order valence-electron chi connectivity index (χ2n) is 4.80. The summed E-state index contributed by atoms with van der Waals surface area (Å²) in [5, 5.41) is 5.39. The van der Waals surface area contributed by atoms with Crippen molar-refractivity contribution in [1.29, 1.82) is 0 Å². The number of amidine groups is 1. The number of hydrogen-bond acceptors (Lipinski definition) is 4. The summed E-state index contributed by atoms with van der Waals surface area (Å²) in [6.45, 7) is 4.12. The third-order valence-electron chi connectivity index (χ3n) is 3.69. The normalized spacial score (nSPS) is 18.1. The molecule has 5 heteroatoms. The van der Waals surface area contributed by atoms with Crippen molar-refractivity contribution in [2.24, 2.45) is 4.99 Å². The average Bonchev–Trinajstić information content (AvgIpc) is 3.14. The van der Waals surface area contributed by atoms with E-state index >= 15 is 0 Å². The van der Waals surface area contributed by atoms with E-state index < -0.39 is 0 Å². The maximum atomic E-state index is 6.31. The Bertz CT molecular complexity index is 760. The largest absolute Gasteiger partial charge is 0.318 e. The first-order chi connectivity index (χ1) is 9.79. The van der Waals surface area contributed by atoms with Gasteiger partial charge in [0, 0.05) is 22.4 Å². The Kier molecular flexibility index (Phi) is 3.05. The molecular formula is C15H13ClN2S2. The number of thiophene rings is 1. The standard InChI is InChI=1S/C15H13ClN2S2/c1-2-12-13(18-7-6-17-15(18)20-12)9-3-4-11(16)14-10(9)5-8-19-14/h3-5,8H,2,6-7H2,1H3. The van der Waals surface area contributed by atoms with E-state index in [0.717, 1.165) is 29.7 Å². The van der Waals surface area contributed by atoms with Crippen molar-refractivity contribution >= 4 is 55.7 Å². The molecule has 2 aliphatic heterocycles. The molecule has 0 saturated heterocycles. The molecule has 0 spiro atoms. The van der Waals surface area contributed by atoms with E-state index in [-0.39, 0.29) is 0 Å². The van der Waals surface area contributed by atoms with Crippen LogP contribution in [0.3, 0.4) is 0 Å². The minimum Gasteiger partial charge on any atom is -0.318 e. The Morgan fingerprint density at radius 1 is 1.35 bits per heavy atom. The zero-order chi connectivity index (χ0) is 13.7. The summed E-state index contributed by atoms with van der Waals surface area (Å²) >= 11 is 9.85. The number of rotatable bonds is 2. The van der Waals surface area contributed by atoms with Crippen LogP contribution in [0.1, 0.15) is 18.9 Å². The fourth-order valence-electron chi connectivity index (χ4n) is 2.80. The van der Waals surface area contributed by atoms with Crippen molar-refractivity contribution in [2.75, 3.05) is 13.1 Å². The topological polar surface area (TPSA) is 15.6 Å². The van der Waals surface area contributed by atoms with E-state index in [1.165, 1.54) is 26.3 Å². The van der Waals surface area contributed by atoms with Crippen molar-refractivity contribution in [3.05, 3.63) is 39.1 Å². The van der Waals surface area contributed by atoms with Crippen LogP contribution < -0.4 is 0 Å². The van der Waals surface area contributed by atoms with Crippen LogP contribution in [-0.2, 0) is 0 Å². The van der Waals surface area contributed by atoms with Crippen LogP contribution in [-0.4, -0.2) is 23.2 Å². The number of nitrogens with zero attached hydrogens (tertiary/aromatic N) is 2. The monoisotopic (exact) mass is 320 g/mol. The summed E-state index contributed by atoms with van der Waals surface area (Å²) in [7, 11) is 0. The highest BCUT2D eigenvalue weighted by atomic mass is 35.5. The van der Waals surface area contributed by atoms with Gasteiger partial charge in [0.2, 0.25) is 0 Å². The molecule has 0 unspecified atom stereocenters. The van der Waals surface area contributed by atoms with Gasteiger partial charge in [-0.05, 0) is 23.9 Å². The number of benzene rings is 1. The second-order valence-corrected chi connectivity index (χ2v) is 7.19. The van der Waals surface area contributed by atoms with Crippen LogP contribution >= 0.6 is 34.7 Å². The third-order valence-corrected chi connectivity index (χ3v) is 6.33. The van der Waals surface area contributed by atoms with Gasteiger partial charge in [0.15, 0.2) is 5.17 Å². The molecule has 1 aromatic carbocycles. The van der Waals surface area contributed by atoms with Gasteiger partial charge in [-0.1, -0.05) is 36.4 Å². The maximum absolute atomic E-state index is 6.31. The van der Waals surface area contributed by atoms with Crippen molar-refractivity contribution in [1.82, 2.24) is 4.90 Å². The third kappa shape index (κ3) is 1.75. The summed E-state index contributed by atoms with van der Waals surface area (Å²) in [6, 6.07) is 6.35. The van der Waals surface area contributed by atoms with Gasteiger partial charge in [-0.3, -0.25) is 4.99 Å². The second kappa shape index (κ2) is 4.79. The zero-order valence-corrected chi connectivity index (χ0v) is 13.4. The fourth-order valence-corrected chi connectivity index (χ4v) is 5.05. The lowest BCUT2D eigenvalue weighted by Crippen LogP contribution is -2.20. The Morgan fingerprint density at radius 2 is 2.25 bits per heavy atom. The van der Waals surface area contributed by atoms with Gasteiger partial charge in [-0.2, -0.15) is 0 Å². The van der Waals surface area contributed by atoms with Gasteiger partial charge in [0.05, 0.1) is 22.0 Å². The van der Waals surface area contributed by atoms with Gasteiger partial charge in [-0.25, -0.2) is 0 Å². The van der Waals surface area contributed by atoms with Gasteiger partial charge in [0.25, 0.3) is 0 Å². The Balaban J connectivity index is 1.96. The van der Waals surface area contributed by atoms with Crippen LogP contribution in [0.2, 0.25) is 5.02 Å². The summed E-state index contributed by atoms with van der Waals surface area (Å²) in [4.78, 5) is 8.38. The molecular weight excluding hydrogens is 308 g/mol. The molecule has 4 rings (SSSR count). The molecule has 0 amide bonds. The Labute approximate surface area is 131 Å². The maximum Gasteiger partial charge on any atom is 0.168 e. The summed E-state index contributed by atoms with van der Waals surface area (Å²) in [5.41, 5.74) is 2.64.